The molecule has 0 spiro atoms. The van der Waals surface area contributed by atoms with Gasteiger partial charge in [0, 0.05) is 12.7 Å². The van der Waals surface area contributed by atoms with Crippen LogP contribution in [0.25, 0.3) is 0 Å². The average Bonchev–Trinajstić information content (AvgIpc) is 2.83. The Kier molecular flexibility index (Phi) is 4.23. The van der Waals surface area contributed by atoms with Crippen molar-refractivity contribution >= 4 is 21.4 Å². The quantitative estimate of drug-likeness (QED) is 0.686. The van der Waals surface area contributed by atoms with Gasteiger partial charge in [0.2, 0.25) is 5.91 Å². The monoisotopic (exact) mass is 297 g/mol. The van der Waals surface area contributed by atoms with Crippen molar-refractivity contribution in [2.24, 2.45) is 5.92 Å². The van der Waals surface area contributed by atoms with Crippen LogP contribution >= 0.6 is 0 Å². The molecule has 0 saturated heterocycles. The molecule has 0 aliphatic heterocycles. The molecule has 1 aliphatic rings. The van der Waals surface area contributed by atoms with Gasteiger partial charge in [-0.25, -0.2) is 12.8 Å². The van der Waals surface area contributed by atoms with Crippen molar-refractivity contribution in [3.8, 4) is 0 Å². The van der Waals surface area contributed by atoms with Crippen molar-refractivity contribution in [3.63, 3.8) is 0 Å². The number of anilines is 1. The van der Waals surface area contributed by atoms with Crippen molar-refractivity contribution in [3.05, 3.63) is 36.2 Å². The first-order valence-electron chi connectivity index (χ1n) is 6.32. The molecule has 108 valence electrons. The smallest absolute Gasteiger partial charge is 0.225 e. The van der Waals surface area contributed by atoms with Crippen molar-refractivity contribution < 1.29 is 17.6 Å². The topological polar surface area (TPSA) is 63.2 Å². The molecule has 20 heavy (non-hydrogen) atoms. The third-order valence-corrected chi connectivity index (χ3v) is 4.31. The highest BCUT2D eigenvalue weighted by molar-refractivity contribution is 7.90. The number of hydrogen-bond donors (Lipinski definition) is 1. The number of amides is 1. The fraction of sp³-hybridized carbons (Fsp3) is 0.357. The van der Waals surface area contributed by atoms with E-state index < -0.39 is 15.7 Å². The highest BCUT2D eigenvalue weighted by Crippen LogP contribution is 2.23. The fourth-order valence-corrected chi connectivity index (χ4v) is 2.78. The van der Waals surface area contributed by atoms with Crippen LogP contribution in [0.2, 0.25) is 0 Å². The Morgan fingerprint density at radius 3 is 2.80 bits per heavy atom. The van der Waals surface area contributed by atoms with Crippen LogP contribution in [0.15, 0.2) is 35.2 Å². The maximum Gasteiger partial charge on any atom is 0.225 e. The van der Waals surface area contributed by atoms with Gasteiger partial charge in [0.15, 0.2) is 9.84 Å². The van der Waals surface area contributed by atoms with Gasteiger partial charge >= 0.3 is 0 Å². The molecule has 1 aromatic carbocycles. The summed E-state index contributed by atoms with van der Waals surface area (Å²) in [6.45, 7) is 0. The van der Waals surface area contributed by atoms with E-state index in [2.05, 4.69) is 5.32 Å². The lowest BCUT2D eigenvalue weighted by Gasteiger charge is -2.10. The van der Waals surface area contributed by atoms with E-state index in [9.17, 15) is 17.6 Å². The molecule has 6 heteroatoms. The molecule has 2 rings (SSSR count). The Balaban J connectivity index is 2.12. The second kappa shape index (κ2) is 5.75. The molecule has 0 saturated carbocycles. The maximum atomic E-state index is 13.6. The maximum absolute atomic E-state index is 13.6. The summed E-state index contributed by atoms with van der Waals surface area (Å²) in [7, 11) is -3.43. The predicted octanol–water partition coefficient (Wildman–Crippen LogP) is 2.52. The molecule has 0 unspecified atom stereocenters. The average molecular weight is 297 g/mol. The normalized spacial score (nSPS) is 18.2. The first-order valence-corrected chi connectivity index (χ1v) is 8.21. The summed E-state index contributed by atoms with van der Waals surface area (Å²) >= 11 is 0. The summed E-state index contributed by atoms with van der Waals surface area (Å²) in [6.07, 6.45) is 7.18. The number of carbonyl (C=O) groups excluding carboxylic acids is 1. The van der Waals surface area contributed by atoms with Crippen molar-refractivity contribution in [2.45, 2.75) is 24.2 Å². The van der Waals surface area contributed by atoms with Crippen molar-refractivity contribution in [2.75, 3.05) is 11.6 Å². The Morgan fingerprint density at radius 2 is 2.20 bits per heavy atom. The minimum Gasteiger partial charge on any atom is -0.324 e. The van der Waals surface area contributed by atoms with Crippen LogP contribution in [0, 0.1) is 11.7 Å². The van der Waals surface area contributed by atoms with Gasteiger partial charge in [-0.2, -0.15) is 0 Å². The molecular formula is C14H16FNO3S. The van der Waals surface area contributed by atoms with E-state index in [0.29, 0.717) is 0 Å². The molecule has 0 heterocycles. The lowest BCUT2D eigenvalue weighted by atomic mass is 10.1. The van der Waals surface area contributed by atoms with E-state index in [1.54, 1.807) is 0 Å². The molecule has 1 amide bonds. The predicted molar refractivity (Wildman–Crippen MR) is 74.6 cm³/mol. The first-order chi connectivity index (χ1) is 9.36. The van der Waals surface area contributed by atoms with Crippen LogP contribution in [-0.4, -0.2) is 20.6 Å². The summed E-state index contributed by atoms with van der Waals surface area (Å²) in [5.74, 6) is -0.782. The Morgan fingerprint density at radius 1 is 1.45 bits per heavy atom. The standard InChI is InChI=1S/C14H16FNO3S/c1-20(18,19)11-6-7-12(15)13(9-11)16-14(17)8-10-4-2-3-5-10/h2,4,6-7,9-10H,3,5,8H2,1H3,(H,16,17)/t10-/m1/s1. The van der Waals surface area contributed by atoms with Gasteiger partial charge in [-0.3, -0.25) is 4.79 Å². The zero-order valence-corrected chi connectivity index (χ0v) is 11.9. The molecule has 1 aromatic rings. The van der Waals surface area contributed by atoms with Gasteiger partial charge in [-0.05, 0) is 37.0 Å². The van der Waals surface area contributed by atoms with Gasteiger partial charge in [-0.1, -0.05) is 12.2 Å². The van der Waals surface area contributed by atoms with Crippen LogP contribution < -0.4 is 5.32 Å². The van der Waals surface area contributed by atoms with E-state index in [1.807, 2.05) is 12.2 Å². The Hall–Kier alpha value is -1.69. The highest BCUT2D eigenvalue weighted by atomic mass is 32.2. The summed E-state index contributed by atoms with van der Waals surface area (Å²) in [4.78, 5) is 11.8. The third-order valence-electron chi connectivity index (χ3n) is 3.20. The number of hydrogen-bond acceptors (Lipinski definition) is 3. The summed E-state index contributed by atoms with van der Waals surface area (Å²) in [6, 6.07) is 3.37. The zero-order chi connectivity index (χ0) is 14.8. The number of carbonyl (C=O) groups is 1. The van der Waals surface area contributed by atoms with Gasteiger partial charge in [0.1, 0.15) is 5.82 Å². The molecule has 1 atom stereocenters. The molecule has 0 fully saturated rings. The molecule has 0 radical (unpaired) electrons. The van der Waals surface area contributed by atoms with Gasteiger partial charge < -0.3 is 5.32 Å². The summed E-state index contributed by atoms with van der Waals surface area (Å²) in [5.41, 5.74) is -0.0973. The number of sulfone groups is 1. The second-order valence-electron chi connectivity index (χ2n) is 4.93. The highest BCUT2D eigenvalue weighted by Gasteiger charge is 2.16. The van der Waals surface area contributed by atoms with Gasteiger partial charge in [0.25, 0.3) is 0 Å². The summed E-state index contributed by atoms with van der Waals surface area (Å²) < 4.78 is 36.4. The van der Waals surface area contributed by atoms with E-state index in [4.69, 9.17) is 0 Å². The number of benzene rings is 1. The minimum atomic E-state index is -3.43. The number of halogens is 1. The van der Waals surface area contributed by atoms with E-state index in [-0.39, 0.29) is 28.8 Å². The fourth-order valence-electron chi connectivity index (χ4n) is 2.14. The largest absolute Gasteiger partial charge is 0.324 e. The number of allylic oxidation sites excluding steroid dienone is 2. The lowest BCUT2D eigenvalue weighted by molar-refractivity contribution is -0.116. The Labute approximate surface area is 117 Å². The van der Waals surface area contributed by atoms with Crippen LogP contribution in [-0.2, 0) is 14.6 Å². The van der Waals surface area contributed by atoms with Crippen LogP contribution in [0.4, 0.5) is 10.1 Å². The van der Waals surface area contributed by atoms with Crippen LogP contribution in [0.1, 0.15) is 19.3 Å². The second-order valence-corrected chi connectivity index (χ2v) is 6.95. The number of rotatable bonds is 4. The molecule has 1 aliphatic carbocycles. The molecule has 0 bridgehead atoms. The third kappa shape index (κ3) is 3.66. The zero-order valence-electron chi connectivity index (χ0n) is 11.1. The van der Waals surface area contributed by atoms with Crippen LogP contribution in [0.5, 0.6) is 0 Å². The molecule has 0 aromatic heterocycles. The van der Waals surface area contributed by atoms with Crippen molar-refractivity contribution in [1.82, 2.24) is 0 Å². The molecular weight excluding hydrogens is 281 g/mol. The van der Waals surface area contributed by atoms with E-state index in [1.165, 1.54) is 6.07 Å². The van der Waals surface area contributed by atoms with E-state index >= 15 is 0 Å². The van der Waals surface area contributed by atoms with Crippen LogP contribution in [0.3, 0.4) is 0 Å². The number of nitrogens with one attached hydrogen (secondary N) is 1. The lowest BCUT2D eigenvalue weighted by Crippen LogP contribution is -2.16. The SMILES string of the molecule is CS(=O)(=O)c1ccc(F)c(NC(=O)C[C@@H]2C=CCC2)c1. The van der Waals surface area contributed by atoms with Gasteiger partial charge in [0.05, 0.1) is 10.6 Å². The molecule has 4 nitrogen and oxygen atoms in total. The summed E-state index contributed by atoms with van der Waals surface area (Å²) in [5, 5.41) is 2.44. The Bertz CT molecular complexity index is 652. The molecule has 1 N–H and O–H groups in total. The minimum absolute atomic E-state index is 0.0186. The van der Waals surface area contributed by atoms with E-state index in [0.717, 1.165) is 31.2 Å². The van der Waals surface area contributed by atoms with Crippen molar-refractivity contribution in [1.29, 1.82) is 0 Å². The van der Waals surface area contributed by atoms with Gasteiger partial charge in [-0.15, -0.1) is 0 Å². The first kappa shape index (κ1) is 14.7.